The second-order valence-corrected chi connectivity index (χ2v) is 6.99. The van der Waals surface area contributed by atoms with Crippen LogP contribution in [0, 0.1) is 5.92 Å². The molecule has 1 atom stereocenters. The fourth-order valence-corrected chi connectivity index (χ4v) is 2.29. The molecular weight excluding hydrogens is 334 g/mol. The number of rotatable bonds is 6. The first kappa shape index (κ1) is 19.4. The number of furan rings is 1. The van der Waals surface area contributed by atoms with E-state index in [2.05, 4.69) is 5.32 Å². The summed E-state index contributed by atoms with van der Waals surface area (Å²) in [4.78, 5) is 36.3. The first-order valence-electron chi connectivity index (χ1n) is 8.34. The molecule has 0 bridgehead atoms. The van der Waals surface area contributed by atoms with Gasteiger partial charge in [-0.05, 0) is 52.0 Å². The molecule has 0 aliphatic carbocycles. The number of amides is 1. The Kier molecular flexibility index (Phi) is 5.97. The van der Waals surface area contributed by atoms with Crippen LogP contribution in [0.5, 0.6) is 0 Å². The average Bonchev–Trinajstić information content (AvgIpc) is 3.00. The van der Waals surface area contributed by atoms with Crippen LogP contribution < -0.4 is 5.32 Å². The standard InChI is InChI=1S/C20H23NO5/c1-13(22)16(19(24)26-20(2,3)4)12-15-10-11-17(25-15)18(23)21-14-8-6-5-7-9-14/h5-11,16H,12H2,1-4H3,(H,21,23). The van der Waals surface area contributed by atoms with E-state index in [1.807, 2.05) is 18.2 Å². The summed E-state index contributed by atoms with van der Waals surface area (Å²) in [6.45, 7) is 6.55. The number of Topliss-reactive ketones (excluding diaryl/α,β-unsaturated/α-hetero) is 1. The van der Waals surface area contributed by atoms with Gasteiger partial charge in [0.2, 0.25) is 0 Å². The van der Waals surface area contributed by atoms with Crippen LogP contribution in [0.2, 0.25) is 0 Å². The number of ketones is 1. The number of benzene rings is 1. The number of para-hydroxylation sites is 1. The molecule has 1 amide bonds. The fraction of sp³-hybridized carbons (Fsp3) is 0.350. The van der Waals surface area contributed by atoms with E-state index in [4.69, 9.17) is 9.15 Å². The first-order chi connectivity index (χ1) is 12.2. The molecule has 6 heteroatoms. The molecule has 0 spiro atoms. The van der Waals surface area contributed by atoms with Crippen molar-refractivity contribution < 1.29 is 23.5 Å². The molecule has 2 aromatic rings. The van der Waals surface area contributed by atoms with Gasteiger partial charge in [-0.15, -0.1) is 0 Å². The van der Waals surface area contributed by atoms with E-state index in [1.165, 1.54) is 13.0 Å². The van der Waals surface area contributed by atoms with Crippen LogP contribution in [0.3, 0.4) is 0 Å². The molecule has 0 saturated carbocycles. The van der Waals surface area contributed by atoms with E-state index in [0.717, 1.165) is 0 Å². The van der Waals surface area contributed by atoms with Crippen molar-refractivity contribution in [2.45, 2.75) is 39.7 Å². The Hall–Kier alpha value is -2.89. The second-order valence-electron chi connectivity index (χ2n) is 6.99. The third kappa shape index (κ3) is 5.58. The summed E-state index contributed by atoms with van der Waals surface area (Å²) >= 11 is 0. The molecule has 1 aromatic heterocycles. The maximum Gasteiger partial charge on any atom is 0.317 e. The summed E-state index contributed by atoms with van der Waals surface area (Å²) in [5.74, 6) is -1.81. The number of ether oxygens (including phenoxy) is 1. The number of carbonyl (C=O) groups excluding carboxylic acids is 3. The lowest BCUT2D eigenvalue weighted by Gasteiger charge is -2.22. The van der Waals surface area contributed by atoms with Crippen molar-refractivity contribution in [2.24, 2.45) is 5.92 Å². The number of esters is 1. The van der Waals surface area contributed by atoms with Crippen LogP contribution >= 0.6 is 0 Å². The Labute approximate surface area is 152 Å². The maximum absolute atomic E-state index is 12.2. The van der Waals surface area contributed by atoms with Gasteiger partial charge in [0.1, 0.15) is 23.1 Å². The van der Waals surface area contributed by atoms with Gasteiger partial charge in [-0.2, -0.15) is 0 Å². The molecule has 2 rings (SSSR count). The van der Waals surface area contributed by atoms with Gasteiger partial charge in [-0.3, -0.25) is 14.4 Å². The Morgan fingerprint density at radius 3 is 2.31 bits per heavy atom. The number of hydrogen-bond acceptors (Lipinski definition) is 5. The van der Waals surface area contributed by atoms with Crippen LogP contribution in [0.25, 0.3) is 0 Å². The van der Waals surface area contributed by atoms with Crippen molar-refractivity contribution in [1.29, 1.82) is 0 Å². The van der Waals surface area contributed by atoms with Crippen molar-refractivity contribution in [3.8, 4) is 0 Å². The molecule has 0 saturated heterocycles. The van der Waals surface area contributed by atoms with Crippen LogP contribution in [0.15, 0.2) is 46.9 Å². The summed E-state index contributed by atoms with van der Waals surface area (Å²) in [6, 6.07) is 12.1. The van der Waals surface area contributed by atoms with Crippen LogP contribution in [-0.4, -0.2) is 23.3 Å². The minimum Gasteiger partial charge on any atom is -0.459 e. The molecule has 1 unspecified atom stereocenters. The molecule has 0 aliphatic rings. The predicted octanol–water partition coefficient (Wildman–Crippen LogP) is 3.62. The molecule has 26 heavy (non-hydrogen) atoms. The Balaban J connectivity index is 2.06. The molecule has 6 nitrogen and oxygen atoms in total. The summed E-state index contributed by atoms with van der Waals surface area (Å²) in [5, 5.41) is 2.71. The Bertz CT molecular complexity index is 786. The molecule has 1 heterocycles. The topological polar surface area (TPSA) is 85.6 Å². The van der Waals surface area contributed by atoms with Gasteiger partial charge in [0.15, 0.2) is 5.76 Å². The van der Waals surface area contributed by atoms with Crippen molar-refractivity contribution in [1.82, 2.24) is 0 Å². The average molecular weight is 357 g/mol. The summed E-state index contributed by atoms with van der Waals surface area (Å²) in [6.07, 6.45) is 0.0445. The van der Waals surface area contributed by atoms with Gasteiger partial charge in [0, 0.05) is 12.1 Å². The highest BCUT2D eigenvalue weighted by Gasteiger charge is 2.30. The summed E-state index contributed by atoms with van der Waals surface area (Å²) in [7, 11) is 0. The van der Waals surface area contributed by atoms with E-state index in [9.17, 15) is 14.4 Å². The lowest BCUT2D eigenvalue weighted by molar-refractivity contribution is -0.161. The van der Waals surface area contributed by atoms with Gasteiger partial charge < -0.3 is 14.5 Å². The normalized spacial score (nSPS) is 12.3. The first-order valence-corrected chi connectivity index (χ1v) is 8.34. The minimum atomic E-state index is -0.967. The maximum atomic E-state index is 12.2. The monoisotopic (exact) mass is 357 g/mol. The zero-order chi connectivity index (χ0) is 19.3. The Morgan fingerprint density at radius 2 is 1.73 bits per heavy atom. The molecule has 1 N–H and O–H groups in total. The van der Waals surface area contributed by atoms with Crippen molar-refractivity contribution in [3.05, 3.63) is 54.0 Å². The third-order valence-electron chi connectivity index (χ3n) is 3.50. The van der Waals surface area contributed by atoms with E-state index < -0.39 is 23.4 Å². The van der Waals surface area contributed by atoms with Crippen molar-refractivity contribution in [3.63, 3.8) is 0 Å². The van der Waals surface area contributed by atoms with E-state index in [-0.39, 0.29) is 18.0 Å². The fourth-order valence-electron chi connectivity index (χ4n) is 2.29. The van der Waals surface area contributed by atoms with Crippen LogP contribution in [-0.2, 0) is 20.7 Å². The molecule has 0 aliphatic heterocycles. The number of carbonyl (C=O) groups is 3. The van der Waals surface area contributed by atoms with E-state index in [1.54, 1.807) is 39.0 Å². The lowest BCUT2D eigenvalue weighted by atomic mass is 9.99. The quantitative estimate of drug-likeness (QED) is 0.630. The van der Waals surface area contributed by atoms with Gasteiger partial charge in [-0.25, -0.2) is 0 Å². The van der Waals surface area contributed by atoms with Crippen molar-refractivity contribution >= 4 is 23.3 Å². The highest BCUT2D eigenvalue weighted by molar-refractivity contribution is 6.02. The number of hydrogen-bond donors (Lipinski definition) is 1. The molecule has 1 aromatic carbocycles. The minimum absolute atomic E-state index is 0.0445. The van der Waals surface area contributed by atoms with Gasteiger partial charge in [-0.1, -0.05) is 18.2 Å². The zero-order valence-corrected chi connectivity index (χ0v) is 15.4. The summed E-state index contributed by atoms with van der Waals surface area (Å²) in [5.41, 5.74) is -0.0416. The van der Waals surface area contributed by atoms with E-state index in [0.29, 0.717) is 11.4 Å². The largest absolute Gasteiger partial charge is 0.459 e. The molecule has 0 radical (unpaired) electrons. The predicted molar refractivity (Wildman–Crippen MR) is 96.8 cm³/mol. The molecular formula is C20H23NO5. The third-order valence-corrected chi connectivity index (χ3v) is 3.50. The van der Waals surface area contributed by atoms with Crippen LogP contribution in [0.1, 0.15) is 44.0 Å². The highest BCUT2D eigenvalue weighted by Crippen LogP contribution is 2.19. The van der Waals surface area contributed by atoms with Gasteiger partial charge in [0.05, 0.1) is 0 Å². The highest BCUT2D eigenvalue weighted by atomic mass is 16.6. The van der Waals surface area contributed by atoms with Gasteiger partial charge in [0.25, 0.3) is 5.91 Å². The van der Waals surface area contributed by atoms with Crippen molar-refractivity contribution in [2.75, 3.05) is 5.32 Å². The van der Waals surface area contributed by atoms with Gasteiger partial charge >= 0.3 is 5.97 Å². The number of anilines is 1. The lowest BCUT2D eigenvalue weighted by Crippen LogP contribution is -2.33. The smallest absolute Gasteiger partial charge is 0.317 e. The SMILES string of the molecule is CC(=O)C(Cc1ccc(C(=O)Nc2ccccc2)o1)C(=O)OC(C)(C)C. The summed E-state index contributed by atoms with van der Waals surface area (Å²) < 4.78 is 10.8. The molecule has 138 valence electrons. The Morgan fingerprint density at radius 1 is 1.08 bits per heavy atom. The molecule has 0 fully saturated rings. The van der Waals surface area contributed by atoms with E-state index >= 15 is 0 Å². The van der Waals surface area contributed by atoms with Crippen LogP contribution in [0.4, 0.5) is 5.69 Å². The number of nitrogens with one attached hydrogen (secondary N) is 1. The zero-order valence-electron chi connectivity index (χ0n) is 15.4. The second kappa shape index (κ2) is 7.99.